The molecule has 0 aliphatic heterocycles. The third kappa shape index (κ3) is 4.62. The van der Waals surface area contributed by atoms with Crippen molar-refractivity contribution in [2.45, 2.75) is 13.8 Å². The van der Waals surface area contributed by atoms with Crippen LogP contribution in [0.25, 0.3) is 0 Å². The highest BCUT2D eigenvalue weighted by molar-refractivity contribution is 6.65. The van der Waals surface area contributed by atoms with Gasteiger partial charge in [0.2, 0.25) is 11.2 Å². The highest BCUT2D eigenvalue weighted by Crippen LogP contribution is 1.96. The fourth-order valence-corrected chi connectivity index (χ4v) is 0.571. The van der Waals surface area contributed by atoms with Gasteiger partial charge in [-0.2, -0.15) is 0 Å². The van der Waals surface area contributed by atoms with Crippen molar-refractivity contribution < 1.29 is 4.79 Å². The van der Waals surface area contributed by atoms with Crippen molar-refractivity contribution in [1.29, 1.82) is 0 Å². The van der Waals surface area contributed by atoms with E-state index in [1.54, 1.807) is 13.0 Å². The number of nitrogens with zero attached hydrogens (tertiary/aromatic N) is 2. The molecule has 0 rings (SSSR count). The molecule has 4 nitrogen and oxygen atoms in total. The minimum Gasteiger partial charge on any atom is -0.311 e. The SMILES string of the molecule is C=NC(Cl)=N/C(=C\C)NC(C)=O. The lowest BCUT2D eigenvalue weighted by molar-refractivity contribution is -0.118. The van der Waals surface area contributed by atoms with Gasteiger partial charge >= 0.3 is 0 Å². The van der Waals surface area contributed by atoms with Gasteiger partial charge in [0.25, 0.3) is 0 Å². The molecule has 0 aromatic rings. The van der Waals surface area contributed by atoms with E-state index in [0.29, 0.717) is 5.82 Å². The summed E-state index contributed by atoms with van der Waals surface area (Å²) in [7, 11) is 0. The molecule has 0 fully saturated rings. The first-order chi connectivity index (χ1) is 5.60. The molecule has 0 aliphatic carbocycles. The van der Waals surface area contributed by atoms with Gasteiger partial charge in [-0.25, -0.2) is 9.98 Å². The van der Waals surface area contributed by atoms with Crippen LogP contribution in [0.1, 0.15) is 13.8 Å². The van der Waals surface area contributed by atoms with Crippen molar-refractivity contribution in [2.75, 3.05) is 0 Å². The summed E-state index contributed by atoms with van der Waals surface area (Å²) in [5, 5.41) is 2.45. The smallest absolute Gasteiger partial charge is 0.223 e. The number of amides is 1. The quantitative estimate of drug-likeness (QED) is 0.395. The van der Waals surface area contributed by atoms with Gasteiger partial charge in [0.05, 0.1) is 0 Å². The number of amidine groups is 1. The molecule has 0 heterocycles. The molecule has 0 saturated heterocycles. The van der Waals surface area contributed by atoms with Crippen molar-refractivity contribution in [3.8, 4) is 0 Å². The van der Waals surface area contributed by atoms with Crippen molar-refractivity contribution in [2.24, 2.45) is 9.98 Å². The Balaban J connectivity index is 4.39. The van der Waals surface area contributed by atoms with E-state index < -0.39 is 0 Å². The number of hydrogen-bond acceptors (Lipinski definition) is 2. The molecule has 0 atom stereocenters. The van der Waals surface area contributed by atoms with E-state index in [9.17, 15) is 4.79 Å². The molecule has 0 spiro atoms. The minimum atomic E-state index is -0.208. The van der Waals surface area contributed by atoms with Crippen molar-refractivity contribution in [1.82, 2.24) is 5.32 Å². The maximum absolute atomic E-state index is 10.6. The third-order valence-corrected chi connectivity index (χ3v) is 1.12. The maximum Gasteiger partial charge on any atom is 0.223 e. The summed E-state index contributed by atoms with van der Waals surface area (Å²) >= 11 is 5.45. The predicted octanol–water partition coefficient (Wildman–Crippen LogP) is 1.28. The number of rotatable bonds is 2. The number of halogens is 1. The number of carbonyl (C=O) groups excluding carboxylic acids is 1. The minimum absolute atomic E-state index is 0.00292. The Kier molecular flexibility index (Phi) is 4.96. The number of hydrogen-bond donors (Lipinski definition) is 1. The molecule has 0 aromatic heterocycles. The predicted molar refractivity (Wildman–Crippen MR) is 50.4 cm³/mol. The van der Waals surface area contributed by atoms with E-state index in [-0.39, 0.29) is 11.2 Å². The van der Waals surface area contributed by atoms with Crippen molar-refractivity contribution in [3.63, 3.8) is 0 Å². The Labute approximate surface area is 76.0 Å². The topological polar surface area (TPSA) is 53.8 Å². The maximum atomic E-state index is 10.6. The lowest BCUT2D eigenvalue weighted by atomic mass is 10.5. The molecule has 5 heteroatoms. The van der Waals surface area contributed by atoms with Gasteiger partial charge in [-0.1, -0.05) is 0 Å². The Hall–Kier alpha value is -1.16. The fraction of sp³-hybridized carbons (Fsp3) is 0.286. The summed E-state index contributed by atoms with van der Waals surface area (Å²) < 4.78 is 0. The second kappa shape index (κ2) is 5.49. The standard InChI is InChI=1S/C7H10ClN3O/c1-4-6(10-5(2)12)11-7(8)9-3/h4H,3H2,1-2H3,(H,10,12)/b6-4-,11-7?. The highest BCUT2D eigenvalue weighted by atomic mass is 35.5. The molecule has 66 valence electrons. The molecule has 0 saturated carbocycles. The van der Waals surface area contributed by atoms with E-state index in [1.165, 1.54) is 6.92 Å². The summed E-state index contributed by atoms with van der Waals surface area (Å²) in [6, 6.07) is 0. The second-order valence-corrected chi connectivity index (χ2v) is 2.23. The molecule has 0 unspecified atom stereocenters. The van der Waals surface area contributed by atoms with Crippen LogP contribution in [0.2, 0.25) is 0 Å². The van der Waals surface area contributed by atoms with Crippen LogP contribution in [-0.4, -0.2) is 17.9 Å². The van der Waals surface area contributed by atoms with Crippen LogP contribution in [0.15, 0.2) is 21.9 Å². The molecular weight excluding hydrogens is 178 g/mol. The monoisotopic (exact) mass is 187 g/mol. The van der Waals surface area contributed by atoms with Gasteiger partial charge in [0.15, 0.2) is 0 Å². The Morgan fingerprint density at radius 2 is 2.25 bits per heavy atom. The lowest BCUT2D eigenvalue weighted by Crippen LogP contribution is -2.18. The van der Waals surface area contributed by atoms with Crippen LogP contribution in [0.5, 0.6) is 0 Å². The summed E-state index contributed by atoms with van der Waals surface area (Å²) in [6.45, 7) is 6.28. The fourth-order valence-electron chi connectivity index (χ4n) is 0.480. The summed E-state index contributed by atoms with van der Waals surface area (Å²) in [5.41, 5.74) is 0. The molecule has 0 bridgehead atoms. The first-order valence-electron chi connectivity index (χ1n) is 3.25. The number of allylic oxidation sites excluding steroid dienone is 1. The Bertz CT molecular complexity index is 245. The van der Waals surface area contributed by atoms with Gasteiger partial charge in [0, 0.05) is 6.92 Å². The molecule has 0 aliphatic rings. The zero-order valence-corrected chi connectivity index (χ0v) is 7.72. The molecule has 1 amide bonds. The van der Waals surface area contributed by atoms with Gasteiger partial charge in [-0.05, 0) is 31.3 Å². The first-order valence-corrected chi connectivity index (χ1v) is 3.62. The van der Waals surface area contributed by atoms with E-state index in [2.05, 4.69) is 22.0 Å². The van der Waals surface area contributed by atoms with E-state index >= 15 is 0 Å². The van der Waals surface area contributed by atoms with Gasteiger partial charge in [-0.3, -0.25) is 4.79 Å². The molecule has 12 heavy (non-hydrogen) atoms. The molecule has 0 radical (unpaired) electrons. The van der Waals surface area contributed by atoms with E-state index in [0.717, 1.165) is 0 Å². The first kappa shape index (κ1) is 10.8. The molecule has 0 aromatic carbocycles. The van der Waals surface area contributed by atoms with Gasteiger partial charge in [0.1, 0.15) is 5.82 Å². The highest BCUT2D eigenvalue weighted by Gasteiger charge is 1.96. The second-order valence-electron chi connectivity index (χ2n) is 1.89. The van der Waals surface area contributed by atoms with Gasteiger partial charge < -0.3 is 5.32 Å². The summed E-state index contributed by atoms with van der Waals surface area (Å²) in [6.07, 6.45) is 1.61. The largest absolute Gasteiger partial charge is 0.311 e. The zero-order valence-electron chi connectivity index (χ0n) is 6.97. The third-order valence-electron chi connectivity index (χ3n) is 0.921. The lowest BCUT2D eigenvalue weighted by Gasteiger charge is -1.99. The van der Waals surface area contributed by atoms with Crippen LogP contribution in [-0.2, 0) is 4.79 Å². The van der Waals surface area contributed by atoms with Crippen LogP contribution in [0.3, 0.4) is 0 Å². The molecular formula is C7H10ClN3O. The normalized spacial score (nSPS) is 12.6. The average molecular weight is 188 g/mol. The van der Waals surface area contributed by atoms with Gasteiger partial charge in [-0.15, -0.1) is 0 Å². The number of aliphatic imine (C=N–C) groups is 2. The van der Waals surface area contributed by atoms with E-state index in [4.69, 9.17) is 11.6 Å². The van der Waals surface area contributed by atoms with Crippen LogP contribution in [0.4, 0.5) is 0 Å². The van der Waals surface area contributed by atoms with Crippen LogP contribution >= 0.6 is 11.6 Å². The summed E-state index contributed by atoms with van der Waals surface area (Å²) in [4.78, 5) is 17.7. The van der Waals surface area contributed by atoms with Crippen LogP contribution < -0.4 is 5.32 Å². The number of nitrogens with one attached hydrogen (secondary N) is 1. The number of carbonyl (C=O) groups is 1. The zero-order chi connectivity index (χ0) is 9.56. The molecule has 1 N–H and O–H groups in total. The average Bonchev–Trinajstić information content (AvgIpc) is 2.02. The van der Waals surface area contributed by atoms with Crippen molar-refractivity contribution in [3.05, 3.63) is 11.9 Å². The van der Waals surface area contributed by atoms with Crippen molar-refractivity contribution >= 4 is 29.5 Å². The Morgan fingerprint density at radius 3 is 2.58 bits per heavy atom. The summed E-state index contributed by atoms with van der Waals surface area (Å²) in [5.74, 6) is 0.153. The Morgan fingerprint density at radius 1 is 1.67 bits per heavy atom. The van der Waals surface area contributed by atoms with E-state index in [1.807, 2.05) is 0 Å². The van der Waals surface area contributed by atoms with Crippen LogP contribution in [0, 0.1) is 0 Å².